The van der Waals surface area contributed by atoms with Crippen LogP contribution in [0.15, 0.2) is 53.1 Å². The fraction of sp³-hybridized carbons (Fsp3) is 0.211. The predicted molar refractivity (Wildman–Crippen MR) is 93.3 cm³/mol. The molecule has 0 saturated heterocycles. The molecule has 0 fully saturated rings. The molecule has 0 saturated carbocycles. The second-order valence-corrected chi connectivity index (χ2v) is 5.75. The molecular formula is C19H19N3O3. The maximum Gasteiger partial charge on any atom is 0.251 e. The molecule has 0 aliphatic carbocycles. The third kappa shape index (κ3) is 3.85. The van der Waals surface area contributed by atoms with Gasteiger partial charge < -0.3 is 14.6 Å². The van der Waals surface area contributed by atoms with Crippen molar-refractivity contribution in [1.82, 2.24) is 15.5 Å². The first-order chi connectivity index (χ1) is 12.1. The smallest absolute Gasteiger partial charge is 0.251 e. The summed E-state index contributed by atoms with van der Waals surface area (Å²) in [7, 11) is 1.61. The molecule has 128 valence electrons. The van der Waals surface area contributed by atoms with E-state index in [-0.39, 0.29) is 5.91 Å². The number of ether oxygens (including phenoxy) is 1. The van der Waals surface area contributed by atoms with E-state index in [4.69, 9.17) is 9.26 Å². The lowest BCUT2D eigenvalue weighted by Crippen LogP contribution is -2.26. The fourth-order valence-corrected chi connectivity index (χ4v) is 2.40. The van der Waals surface area contributed by atoms with Gasteiger partial charge in [0, 0.05) is 11.1 Å². The van der Waals surface area contributed by atoms with E-state index >= 15 is 0 Å². The van der Waals surface area contributed by atoms with Crippen molar-refractivity contribution >= 4 is 5.91 Å². The molecule has 25 heavy (non-hydrogen) atoms. The summed E-state index contributed by atoms with van der Waals surface area (Å²) in [6.45, 7) is 3.75. The van der Waals surface area contributed by atoms with Crippen LogP contribution in [0.2, 0.25) is 0 Å². The van der Waals surface area contributed by atoms with Crippen LogP contribution in [-0.4, -0.2) is 23.2 Å². The van der Waals surface area contributed by atoms with Gasteiger partial charge in [-0.25, -0.2) is 0 Å². The highest BCUT2D eigenvalue weighted by atomic mass is 16.5. The van der Waals surface area contributed by atoms with Crippen LogP contribution in [0.3, 0.4) is 0 Å². The van der Waals surface area contributed by atoms with E-state index < -0.39 is 6.04 Å². The van der Waals surface area contributed by atoms with Crippen LogP contribution >= 0.6 is 0 Å². The predicted octanol–water partition coefficient (Wildman–Crippen LogP) is 3.54. The largest absolute Gasteiger partial charge is 0.497 e. The lowest BCUT2D eigenvalue weighted by atomic mass is 10.1. The monoisotopic (exact) mass is 337 g/mol. The maximum absolute atomic E-state index is 12.3. The molecule has 0 aliphatic rings. The number of benzene rings is 2. The van der Waals surface area contributed by atoms with Crippen LogP contribution in [0.25, 0.3) is 11.4 Å². The van der Waals surface area contributed by atoms with Crippen molar-refractivity contribution in [3.63, 3.8) is 0 Å². The lowest BCUT2D eigenvalue weighted by Gasteiger charge is -2.10. The third-order valence-electron chi connectivity index (χ3n) is 3.79. The number of rotatable bonds is 5. The molecule has 0 spiro atoms. The molecule has 3 rings (SSSR count). The number of carbonyl (C=O) groups is 1. The summed E-state index contributed by atoms with van der Waals surface area (Å²) in [6.07, 6.45) is 0. The van der Waals surface area contributed by atoms with E-state index in [2.05, 4.69) is 15.5 Å². The molecular weight excluding hydrogens is 318 g/mol. The van der Waals surface area contributed by atoms with Crippen molar-refractivity contribution in [1.29, 1.82) is 0 Å². The number of aryl methyl sites for hydroxylation is 1. The molecule has 1 aromatic heterocycles. The van der Waals surface area contributed by atoms with Crippen molar-refractivity contribution in [2.45, 2.75) is 19.9 Å². The number of carbonyl (C=O) groups excluding carboxylic acids is 1. The Morgan fingerprint density at radius 3 is 2.64 bits per heavy atom. The molecule has 6 heteroatoms. The number of aromatic nitrogens is 2. The Kier molecular flexibility index (Phi) is 4.79. The number of hydrogen-bond acceptors (Lipinski definition) is 5. The number of amides is 1. The average molecular weight is 337 g/mol. The topological polar surface area (TPSA) is 77.3 Å². The number of hydrogen-bond donors (Lipinski definition) is 1. The quantitative estimate of drug-likeness (QED) is 0.770. The maximum atomic E-state index is 12.3. The van der Waals surface area contributed by atoms with Crippen molar-refractivity contribution < 1.29 is 14.1 Å². The Hall–Kier alpha value is -3.15. The summed E-state index contributed by atoms with van der Waals surface area (Å²) in [5.74, 6) is 1.40. The van der Waals surface area contributed by atoms with Gasteiger partial charge in [0.05, 0.1) is 7.11 Å². The molecule has 1 unspecified atom stereocenters. The molecule has 6 nitrogen and oxygen atoms in total. The Labute approximate surface area is 145 Å². The van der Waals surface area contributed by atoms with E-state index in [1.165, 1.54) is 0 Å². The van der Waals surface area contributed by atoms with E-state index in [1.807, 2.05) is 49.4 Å². The zero-order chi connectivity index (χ0) is 17.8. The van der Waals surface area contributed by atoms with E-state index in [0.717, 1.165) is 16.9 Å². The molecule has 0 bridgehead atoms. The Balaban J connectivity index is 1.71. The van der Waals surface area contributed by atoms with Crippen molar-refractivity contribution in [2.75, 3.05) is 7.11 Å². The molecule has 1 amide bonds. The fourth-order valence-electron chi connectivity index (χ4n) is 2.40. The van der Waals surface area contributed by atoms with Crippen LogP contribution in [0.1, 0.15) is 34.8 Å². The summed E-state index contributed by atoms with van der Waals surface area (Å²) >= 11 is 0. The molecule has 1 N–H and O–H groups in total. The minimum absolute atomic E-state index is 0.180. The van der Waals surface area contributed by atoms with Crippen molar-refractivity contribution in [2.24, 2.45) is 0 Å². The van der Waals surface area contributed by atoms with Crippen molar-refractivity contribution in [3.8, 4) is 17.1 Å². The Morgan fingerprint density at radius 1 is 1.20 bits per heavy atom. The van der Waals surface area contributed by atoms with Crippen LogP contribution in [0.4, 0.5) is 0 Å². The summed E-state index contributed by atoms with van der Waals surface area (Å²) in [5.41, 5.74) is 2.44. The highest BCUT2D eigenvalue weighted by molar-refractivity contribution is 5.94. The summed E-state index contributed by atoms with van der Waals surface area (Å²) in [6, 6.07) is 14.4. The highest BCUT2D eigenvalue weighted by Crippen LogP contribution is 2.21. The first-order valence-corrected chi connectivity index (χ1v) is 7.92. The molecule has 1 atom stereocenters. The van der Waals surface area contributed by atoms with Gasteiger partial charge in [-0.05, 0) is 50.2 Å². The first-order valence-electron chi connectivity index (χ1n) is 7.92. The summed E-state index contributed by atoms with van der Waals surface area (Å²) in [5, 5.41) is 6.85. The second-order valence-electron chi connectivity index (χ2n) is 5.75. The van der Waals surface area contributed by atoms with Gasteiger partial charge in [-0.3, -0.25) is 4.79 Å². The van der Waals surface area contributed by atoms with Gasteiger partial charge in [0.25, 0.3) is 5.91 Å². The zero-order valence-corrected chi connectivity index (χ0v) is 14.3. The Bertz CT molecular complexity index is 872. The molecule has 2 aromatic carbocycles. The van der Waals surface area contributed by atoms with Gasteiger partial charge in [0.15, 0.2) is 0 Å². The second kappa shape index (κ2) is 7.17. The van der Waals surface area contributed by atoms with Crippen LogP contribution in [0.5, 0.6) is 5.75 Å². The zero-order valence-electron chi connectivity index (χ0n) is 14.3. The van der Waals surface area contributed by atoms with Crippen LogP contribution < -0.4 is 10.1 Å². The number of methoxy groups -OCH3 is 1. The average Bonchev–Trinajstić information content (AvgIpc) is 3.12. The van der Waals surface area contributed by atoms with Gasteiger partial charge >= 0.3 is 0 Å². The number of nitrogens with zero attached hydrogens (tertiary/aromatic N) is 2. The number of nitrogens with one attached hydrogen (secondary N) is 1. The van der Waals surface area contributed by atoms with Crippen molar-refractivity contribution in [3.05, 3.63) is 65.5 Å². The third-order valence-corrected chi connectivity index (χ3v) is 3.79. The van der Waals surface area contributed by atoms with Gasteiger partial charge in [0.2, 0.25) is 11.7 Å². The normalized spacial score (nSPS) is 11.8. The summed E-state index contributed by atoms with van der Waals surface area (Å²) < 4.78 is 10.4. The van der Waals surface area contributed by atoms with Gasteiger partial charge in [-0.1, -0.05) is 22.9 Å². The van der Waals surface area contributed by atoms with Gasteiger partial charge in [-0.2, -0.15) is 4.98 Å². The van der Waals surface area contributed by atoms with Crippen LogP contribution in [-0.2, 0) is 0 Å². The van der Waals surface area contributed by atoms with E-state index in [0.29, 0.717) is 17.3 Å². The van der Waals surface area contributed by atoms with Crippen LogP contribution in [0, 0.1) is 6.92 Å². The highest BCUT2D eigenvalue weighted by Gasteiger charge is 2.18. The lowest BCUT2D eigenvalue weighted by molar-refractivity contribution is 0.0932. The molecule has 0 aliphatic heterocycles. The minimum atomic E-state index is -0.396. The minimum Gasteiger partial charge on any atom is -0.497 e. The van der Waals surface area contributed by atoms with E-state index in [1.54, 1.807) is 20.1 Å². The van der Waals surface area contributed by atoms with Gasteiger partial charge in [0.1, 0.15) is 11.8 Å². The molecule has 1 heterocycles. The van der Waals surface area contributed by atoms with E-state index in [9.17, 15) is 4.79 Å². The SMILES string of the molecule is COc1ccc(-c2noc(C(C)NC(=O)c3cccc(C)c3)n2)cc1. The standard InChI is InChI=1S/C19H19N3O3/c1-12-5-4-6-15(11-12)18(23)20-13(2)19-21-17(22-25-19)14-7-9-16(24-3)10-8-14/h4-11,13H,1-3H3,(H,20,23). The molecule has 0 radical (unpaired) electrons. The molecule has 3 aromatic rings. The summed E-state index contributed by atoms with van der Waals surface area (Å²) in [4.78, 5) is 16.7. The first kappa shape index (κ1) is 16.7. The Morgan fingerprint density at radius 2 is 1.96 bits per heavy atom. The van der Waals surface area contributed by atoms with Gasteiger partial charge in [-0.15, -0.1) is 0 Å².